The highest BCUT2D eigenvalue weighted by Gasteiger charge is 2.27. The van der Waals surface area contributed by atoms with Crippen molar-refractivity contribution < 1.29 is 9.18 Å². The van der Waals surface area contributed by atoms with E-state index in [1.165, 1.54) is 21.7 Å². The first-order valence-electron chi connectivity index (χ1n) is 8.77. The molecule has 1 fully saturated rings. The molecule has 0 radical (unpaired) electrons. The lowest BCUT2D eigenvalue weighted by atomic mass is 9.96. The number of amides is 1. The molecular formula is C20H20FN3OS. The Hall–Kier alpha value is -2.47. The quantitative estimate of drug-likeness (QED) is 0.734. The number of halogens is 1. The zero-order valence-electron chi connectivity index (χ0n) is 14.5. The maximum Gasteiger partial charge on any atom is 0.229 e. The Labute approximate surface area is 155 Å². The van der Waals surface area contributed by atoms with E-state index in [-0.39, 0.29) is 17.6 Å². The minimum atomic E-state index is -0.350. The molecule has 1 N–H and O–H groups in total. The van der Waals surface area contributed by atoms with Gasteiger partial charge in [0.1, 0.15) is 11.6 Å². The van der Waals surface area contributed by atoms with Crippen LogP contribution in [-0.2, 0) is 4.79 Å². The van der Waals surface area contributed by atoms with Crippen molar-refractivity contribution in [2.75, 3.05) is 23.3 Å². The molecular weight excluding hydrogens is 349 g/mol. The molecule has 134 valence electrons. The number of aryl methyl sites for hydroxylation is 1. The average Bonchev–Trinajstić information content (AvgIpc) is 3.02. The van der Waals surface area contributed by atoms with Crippen LogP contribution in [0, 0.1) is 18.7 Å². The number of pyridine rings is 1. The number of carbonyl (C=O) groups is 1. The largest absolute Gasteiger partial charge is 0.355 e. The molecule has 3 heterocycles. The fraction of sp³-hybridized carbons (Fsp3) is 0.300. The van der Waals surface area contributed by atoms with E-state index in [2.05, 4.69) is 28.2 Å². The van der Waals surface area contributed by atoms with Crippen LogP contribution in [0.25, 0.3) is 10.1 Å². The number of hydrogen-bond donors (Lipinski definition) is 1. The Morgan fingerprint density at radius 1 is 1.35 bits per heavy atom. The van der Waals surface area contributed by atoms with E-state index in [4.69, 9.17) is 0 Å². The molecule has 1 aliphatic heterocycles. The van der Waals surface area contributed by atoms with E-state index in [9.17, 15) is 9.18 Å². The van der Waals surface area contributed by atoms with Crippen LogP contribution in [0.5, 0.6) is 0 Å². The van der Waals surface area contributed by atoms with E-state index in [0.29, 0.717) is 12.2 Å². The number of piperidine rings is 1. The van der Waals surface area contributed by atoms with Gasteiger partial charge in [0.15, 0.2) is 0 Å². The SMILES string of the molecule is Cc1cc2c(N3CCCC(C(=O)Nc4cccc(F)c4)C3)nccc2s1. The van der Waals surface area contributed by atoms with Crippen LogP contribution >= 0.6 is 11.3 Å². The van der Waals surface area contributed by atoms with Crippen molar-refractivity contribution in [1.29, 1.82) is 0 Å². The highest BCUT2D eigenvalue weighted by atomic mass is 32.1. The molecule has 1 saturated heterocycles. The van der Waals surface area contributed by atoms with Crippen molar-refractivity contribution in [3.05, 3.63) is 53.3 Å². The second-order valence-electron chi connectivity index (χ2n) is 6.69. The summed E-state index contributed by atoms with van der Waals surface area (Å²) in [6.07, 6.45) is 3.60. The summed E-state index contributed by atoms with van der Waals surface area (Å²) in [4.78, 5) is 20.7. The Balaban J connectivity index is 1.52. The zero-order chi connectivity index (χ0) is 18.1. The highest BCUT2D eigenvalue weighted by Crippen LogP contribution is 2.33. The summed E-state index contributed by atoms with van der Waals surface area (Å²) in [7, 11) is 0. The van der Waals surface area contributed by atoms with Crippen molar-refractivity contribution in [1.82, 2.24) is 4.98 Å². The second-order valence-corrected chi connectivity index (χ2v) is 7.98. The average molecular weight is 369 g/mol. The fourth-order valence-corrected chi connectivity index (χ4v) is 4.43. The number of carbonyl (C=O) groups excluding carboxylic acids is 1. The number of nitrogens with zero attached hydrogens (tertiary/aromatic N) is 2. The fourth-order valence-electron chi connectivity index (χ4n) is 3.52. The number of rotatable bonds is 3. The molecule has 1 amide bonds. The summed E-state index contributed by atoms with van der Waals surface area (Å²) in [5.74, 6) is 0.407. The Morgan fingerprint density at radius 3 is 3.08 bits per heavy atom. The van der Waals surface area contributed by atoms with Gasteiger partial charge in [-0.15, -0.1) is 11.3 Å². The number of anilines is 2. The normalized spacial score (nSPS) is 17.5. The third kappa shape index (κ3) is 3.42. The summed E-state index contributed by atoms with van der Waals surface area (Å²) < 4.78 is 14.5. The van der Waals surface area contributed by atoms with Crippen LogP contribution in [0.3, 0.4) is 0 Å². The van der Waals surface area contributed by atoms with Gasteiger partial charge >= 0.3 is 0 Å². The zero-order valence-corrected chi connectivity index (χ0v) is 15.4. The van der Waals surface area contributed by atoms with Gasteiger partial charge in [0, 0.05) is 39.9 Å². The summed E-state index contributed by atoms with van der Waals surface area (Å²) in [5.41, 5.74) is 0.501. The third-order valence-corrected chi connectivity index (χ3v) is 5.75. The van der Waals surface area contributed by atoms with Crippen LogP contribution in [0.4, 0.5) is 15.9 Å². The molecule has 0 bridgehead atoms. The van der Waals surface area contributed by atoms with Crippen molar-refractivity contribution in [2.45, 2.75) is 19.8 Å². The number of thiophene rings is 1. The lowest BCUT2D eigenvalue weighted by Crippen LogP contribution is -2.41. The van der Waals surface area contributed by atoms with Gasteiger partial charge in [-0.05, 0) is 50.1 Å². The molecule has 1 unspecified atom stereocenters. The lowest BCUT2D eigenvalue weighted by molar-refractivity contribution is -0.120. The van der Waals surface area contributed by atoms with Crippen LogP contribution < -0.4 is 10.2 Å². The van der Waals surface area contributed by atoms with E-state index >= 15 is 0 Å². The topological polar surface area (TPSA) is 45.2 Å². The molecule has 6 heteroatoms. The maximum atomic E-state index is 13.3. The number of aromatic nitrogens is 1. The summed E-state index contributed by atoms with van der Waals surface area (Å²) in [6.45, 7) is 3.62. The highest BCUT2D eigenvalue weighted by molar-refractivity contribution is 7.19. The third-order valence-electron chi connectivity index (χ3n) is 4.73. The first-order chi connectivity index (χ1) is 12.6. The first-order valence-corrected chi connectivity index (χ1v) is 9.58. The monoisotopic (exact) mass is 369 g/mol. The van der Waals surface area contributed by atoms with Gasteiger partial charge in [0.05, 0.1) is 5.92 Å². The Bertz CT molecular complexity index is 955. The van der Waals surface area contributed by atoms with E-state index in [1.54, 1.807) is 23.5 Å². The van der Waals surface area contributed by atoms with Crippen LogP contribution in [0.15, 0.2) is 42.6 Å². The molecule has 0 saturated carbocycles. The number of nitrogens with one attached hydrogen (secondary N) is 1. The molecule has 4 nitrogen and oxygen atoms in total. The van der Waals surface area contributed by atoms with Crippen molar-refractivity contribution in [3.63, 3.8) is 0 Å². The van der Waals surface area contributed by atoms with Crippen LogP contribution in [0.2, 0.25) is 0 Å². The number of fused-ring (bicyclic) bond motifs is 1. The standard InChI is InChI=1S/C20H20FN3OS/c1-13-10-17-18(26-13)7-8-22-19(17)24-9-3-4-14(12-24)20(25)23-16-6-2-5-15(21)11-16/h2,5-8,10-11,14H,3-4,9,12H2,1H3,(H,23,25). The number of hydrogen-bond acceptors (Lipinski definition) is 4. The maximum absolute atomic E-state index is 13.3. The van der Waals surface area contributed by atoms with Gasteiger partial charge in [-0.25, -0.2) is 9.37 Å². The molecule has 4 rings (SSSR count). The smallest absolute Gasteiger partial charge is 0.229 e. The molecule has 0 aliphatic carbocycles. The minimum Gasteiger partial charge on any atom is -0.355 e. The minimum absolute atomic E-state index is 0.0611. The number of benzene rings is 1. The Kier molecular flexibility index (Phi) is 4.59. The molecule has 1 aliphatic rings. The van der Waals surface area contributed by atoms with E-state index in [0.717, 1.165) is 30.6 Å². The van der Waals surface area contributed by atoms with Gasteiger partial charge in [-0.2, -0.15) is 0 Å². The van der Waals surface area contributed by atoms with Crippen molar-refractivity contribution in [3.8, 4) is 0 Å². The van der Waals surface area contributed by atoms with Gasteiger partial charge in [0.25, 0.3) is 0 Å². The van der Waals surface area contributed by atoms with E-state index in [1.807, 2.05) is 12.3 Å². The molecule has 3 aromatic rings. The van der Waals surface area contributed by atoms with Crippen LogP contribution in [-0.4, -0.2) is 24.0 Å². The molecule has 1 atom stereocenters. The second kappa shape index (κ2) is 7.03. The predicted octanol–water partition coefficient (Wildman–Crippen LogP) is 4.60. The summed E-state index contributed by atoms with van der Waals surface area (Å²) >= 11 is 1.76. The summed E-state index contributed by atoms with van der Waals surface area (Å²) in [6, 6.07) is 10.2. The summed E-state index contributed by atoms with van der Waals surface area (Å²) in [5, 5.41) is 4.00. The van der Waals surface area contributed by atoms with Gasteiger partial charge in [-0.1, -0.05) is 6.07 Å². The molecule has 2 aromatic heterocycles. The van der Waals surface area contributed by atoms with Crippen molar-refractivity contribution >= 4 is 38.8 Å². The Morgan fingerprint density at radius 2 is 2.23 bits per heavy atom. The van der Waals surface area contributed by atoms with Crippen molar-refractivity contribution in [2.24, 2.45) is 5.92 Å². The van der Waals surface area contributed by atoms with Gasteiger partial charge < -0.3 is 10.2 Å². The van der Waals surface area contributed by atoms with Gasteiger partial charge in [0.2, 0.25) is 5.91 Å². The van der Waals surface area contributed by atoms with E-state index < -0.39 is 0 Å². The molecule has 1 aromatic carbocycles. The first kappa shape index (κ1) is 17.0. The predicted molar refractivity (Wildman–Crippen MR) is 104 cm³/mol. The van der Waals surface area contributed by atoms with Gasteiger partial charge in [-0.3, -0.25) is 4.79 Å². The van der Waals surface area contributed by atoms with Crippen LogP contribution in [0.1, 0.15) is 17.7 Å². The molecule has 0 spiro atoms. The molecule has 26 heavy (non-hydrogen) atoms. The lowest BCUT2D eigenvalue weighted by Gasteiger charge is -2.33.